The molecule has 5 saturated carbocycles. The fourth-order valence-corrected chi connectivity index (χ4v) is 12.0. The molecule has 5 fully saturated rings. The molecule has 2 heteroatoms. The van der Waals surface area contributed by atoms with Crippen molar-refractivity contribution in [1.82, 2.24) is 0 Å². The number of hydrogen-bond acceptors (Lipinski definition) is 1. The molecule has 0 aromatic carbocycles. The van der Waals surface area contributed by atoms with Gasteiger partial charge in [0, 0.05) is 0 Å². The van der Waals surface area contributed by atoms with Gasteiger partial charge in [-0.15, -0.1) is 0 Å². The van der Waals surface area contributed by atoms with Crippen LogP contribution in [0.1, 0.15) is 114 Å². The van der Waals surface area contributed by atoms with E-state index in [1.807, 2.05) is 0 Å². The lowest BCUT2D eigenvalue weighted by molar-refractivity contribution is -0.256. The van der Waals surface area contributed by atoms with Crippen molar-refractivity contribution in [2.75, 3.05) is 0 Å². The number of carbonyl (C=O) groups is 1. The number of hydrogen-bond donors (Lipinski definition) is 1. The lowest BCUT2D eigenvalue weighted by Crippen LogP contribution is -2.68. The predicted octanol–water partition coefficient (Wildman–Crippen LogP) is 8.55. The van der Waals surface area contributed by atoms with E-state index in [0.717, 1.165) is 61.2 Å². The molecule has 0 amide bonds. The van der Waals surface area contributed by atoms with Gasteiger partial charge < -0.3 is 5.11 Å². The average molecular weight is 471 g/mol. The van der Waals surface area contributed by atoms with Crippen LogP contribution in [0.15, 0.2) is 0 Å². The smallest absolute Gasteiger partial charge is 0.309 e. The molecule has 5 rings (SSSR count). The van der Waals surface area contributed by atoms with Gasteiger partial charge in [-0.05, 0) is 127 Å². The molecule has 2 nitrogen and oxygen atoms in total. The van der Waals surface area contributed by atoms with E-state index in [1.54, 1.807) is 0 Å². The third kappa shape index (κ3) is 2.89. The maximum absolute atomic E-state index is 12.9. The summed E-state index contributed by atoms with van der Waals surface area (Å²) in [6.45, 7) is 23.0. The minimum atomic E-state index is -0.473. The largest absolute Gasteiger partial charge is 0.481 e. The third-order valence-corrected chi connectivity index (χ3v) is 14.9. The molecule has 0 heterocycles. The number of carboxylic acids is 1. The highest BCUT2D eigenvalue weighted by molar-refractivity contribution is 5.75. The van der Waals surface area contributed by atoms with E-state index in [0.29, 0.717) is 34.5 Å². The van der Waals surface area contributed by atoms with Gasteiger partial charge in [0.15, 0.2) is 0 Å². The Balaban J connectivity index is 1.58. The van der Waals surface area contributed by atoms with E-state index in [9.17, 15) is 9.90 Å². The van der Waals surface area contributed by atoms with E-state index in [4.69, 9.17) is 0 Å². The summed E-state index contributed by atoms with van der Waals surface area (Å²) in [5, 5.41) is 10.6. The lowest BCUT2D eigenvalue weighted by Gasteiger charge is -2.73. The Morgan fingerprint density at radius 2 is 1.38 bits per heavy atom. The molecule has 0 aromatic heterocycles. The molecule has 13 unspecified atom stereocenters. The second-order valence-electron chi connectivity index (χ2n) is 15.6. The first-order valence-corrected chi connectivity index (χ1v) is 15.0. The molecular formula is C32H54O2. The first-order chi connectivity index (χ1) is 15.7. The topological polar surface area (TPSA) is 37.3 Å². The van der Waals surface area contributed by atoms with E-state index in [1.165, 1.54) is 25.7 Å². The van der Waals surface area contributed by atoms with E-state index >= 15 is 0 Å². The molecule has 5 aliphatic carbocycles. The Hall–Kier alpha value is -0.530. The van der Waals surface area contributed by atoms with E-state index in [2.05, 4.69) is 62.3 Å². The van der Waals surface area contributed by atoms with Crippen LogP contribution in [-0.2, 0) is 4.79 Å². The van der Waals surface area contributed by atoms with Gasteiger partial charge >= 0.3 is 5.97 Å². The van der Waals surface area contributed by atoms with Gasteiger partial charge in [-0.1, -0.05) is 62.3 Å². The van der Waals surface area contributed by atoms with Crippen LogP contribution in [0.4, 0.5) is 0 Å². The summed E-state index contributed by atoms with van der Waals surface area (Å²) in [6, 6.07) is 0. The molecule has 5 aliphatic rings. The van der Waals surface area contributed by atoms with Crippen LogP contribution < -0.4 is 0 Å². The number of rotatable bonds is 1. The van der Waals surface area contributed by atoms with Crippen LogP contribution in [0.5, 0.6) is 0 Å². The summed E-state index contributed by atoms with van der Waals surface area (Å²) in [4.78, 5) is 12.9. The summed E-state index contributed by atoms with van der Waals surface area (Å²) >= 11 is 0. The van der Waals surface area contributed by atoms with Crippen molar-refractivity contribution in [3.05, 3.63) is 0 Å². The molecule has 0 radical (unpaired) electrons. The predicted molar refractivity (Wildman–Crippen MR) is 140 cm³/mol. The van der Waals surface area contributed by atoms with Gasteiger partial charge in [-0.2, -0.15) is 0 Å². The maximum Gasteiger partial charge on any atom is 0.309 e. The fraction of sp³-hybridized carbons (Fsp3) is 0.969. The lowest BCUT2D eigenvalue weighted by atomic mass is 9.31. The van der Waals surface area contributed by atoms with Crippen LogP contribution in [0, 0.1) is 80.8 Å². The average Bonchev–Trinajstić information content (AvgIpc) is 2.76. The third-order valence-electron chi connectivity index (χ3n) is 14.9. The van der Waals surface area contributed by atoms with Gasteiger partial charge in [-0.25, -0.2) is 0 Å². The Kier molecular flexibility index (Phi) is 5.72. The fourth-order valence-electron chi connectivity index (χ4n) is 12.0. The minimum Gasteiger partial charge on any atom is -0.481 e. The first kappa shape index (κ1) is 25.1. The summed E-state index contributed by atoms with van der Waals surface area (Å²) in [5.41, 5.74) is 0.563. The molecular weight excluding hydrogens is 416 g/mol. The highest BCUT2D eigenvalue weighted by Gasteiger charge is 2.71. The van der Waals surface area contributed by atoms with Crippen LogP contribution in [0.2, 0.25) is 0 Å². The first-order valence-electron chi connectivity index (χ1n) is 15.0. The summed E-state index contributed by atoms with van der Waals surface area (Å²) in [5.74, 6) is 6.47. The molecule has 34 heavy (non-hydrogen) atoms. The second-order valence-corrected chi connectivity index (χ2v) is 15.6. The number of carboxylic acid groups (broad SMARTS) is 1. The van der Waals surface area contributed by atoms with Gasteiger partial charge in [0.2, 0.25) is 0 Å². The molecule has 0 bridgehead atoms. The van der Waals surface area contributed by atoms with Gasteiger partial charge in [0.05, 0.1) is 5.41 Å². The number of fused-ring (bicyclic) bond motifs is 7. The highest BCUT2D eigenvalue weighted by Crippen LogP contribution is 2.76. The number of aliphatic carboxylic acids is 1. The van der Waals surface area contributed by atoms with Crippen molar-refractivity contribution >= 4 is 5.97 Å². The molecule has 1 N–H and O–H groups in total. The minimum absolute atomic E-state index is 0.266. The Labute approximate surface area is 210 Å². The van der Waals surface area contributed by atoms with Gasteiger partial charge in [0.25, 0.3) is 0 Å². The Morgan fingerprint density at radius 3 is 2.03 bits per heavy atom. The molecule has 194 valence electrons. The summed E-state index contributed by atoms with van der Waals surface area (Å²) in [6.07, 6.45) is 9.42. The zero-order chi connectivity index (χ0) is 25.0. The van der Waals surface area contributed by atoms with Crippen LogP contribution in [0.3, 0.4) is 0 Å². The normalized spacial score (nSPS) is 58.6. The quantitative estimate of drug-likeness (QED) is 0.417. The van der Waals surface area contributed by atoms with Crippen LogP contribution in [-0.4, -0.2) is 11.1 Å². The maximum atomic E-state index is 12.9. The second kappa shape index (κ2) is 7.74. The van der Waals surface area contributed by atoms with Crippen molar-refractivity contribution < 1.29 is 9.90 Å². The van der Waals surface area contributed by atoms with Crippen molar-refractivity contribution in [1.29, 1.82) is 0 Å². The molecule has 0 aromatic rings. The van der Waals surface area contributed by atoms with E-state index < -0.39 is 11.4 Å². The van der Waals surface area contributed by atoms with E-state index in [-0.39, 0.29) is 5.41 Å². The molecule has 0 aliphatic heterocycles. The summed E-state index contributed by atoms with van der Waals surface area (Å²) < 4.78 is 0. The highest BCUT2D eigenvalue weighted by atomic mass is 16.4. The van der Waals surface area contributed by atoms with Crippen molar-refractivity contribution in [2.24, 2.45) is 80.8 Å². The molecule has 0 spiro atoms. The standard InChI is InChI=1S/C32H54O2/c1-18-12-13-32(28(33)34)15-14-30(8)24(27(32)22(18)5)11-10-23-26-19(2)16-20(3)29(6,7)25(26)17-21(4)31(23,30)9/h18-27H,10-17H2,1-9H3,(H,33,34). The van der Waals surface area contributed by atoms with Crippen LogP contribution in [0.25, 0.3) is 0 Å². The Morgan fingerprint density at radius 1 is 0.735 bits per heavy atom. The zero-order valence-corrected chi connectivity index (χ0v) is 23.8. The monoisotopic (exact) mass is 470 g/mol. The SMILES string of the molecule is CC1CCC2(C(=O)O)CCC3(C)C(CCC4C5C(C)CC(C)C(C)(C)C5CC(C)C43C)C2C1C. The van der Waals surface area contributed by atoms with Crippen molar-refractivity contribution in [3.8, 4) is 0 Å². The Bertz CT molecular complexity index is 831. The molecule has 0 saturated heterocycles. The van der Waals surface area contributed by atoms with Gasteiger partial charge in [-0.3, -0.25) is 4.79 Å². The van der Waals surface area contributed by atoms with Crippen molar-refractivity contribution in [3.63, 3.8) is 0 Å². The zero-order valence-electron chi connectivity index (χ0n) is 23.8. The van der Waals surface area contributed by atoms with Gasteiger partial charge in [0.1, 0.15) is 0 Å². The van der Waals surface area contributed by atoms with Crippen molar-refractivity contribution in [2.45, 2.75) is 114 Å². The van der Waals surface area contributed by atoms with Crippen LogP contribution >= 0.6 is 0 Å². The summed E-state index contributed by atoms with van der Waals surface area (Å²) in [7, 11) is 0. The molecule has 13 atom stereocenters.